The predicted molar refractivity (Wildman–Crippen MR) is 103 cm³/mol. The van der Waals surface area contributed by atoms with Crippen molar-refractivity contribution in [2.75, 3.05) is 6.79 Å². The van der Waals surface area contributed by atoms with Crippen LogP contribution in [0, 0.1) is 0 Å². The largest absolute Gasteiger partial charge is 0.454 e. The number of hydrogen-bond acceptors (Lipinski definition) is 4. The summed E-state index contributed by atoms with van der Waals surface area (Å²) in [5.74, 6) is 1.38. The molecule has 2 aliphatic rings. The lowest BCUT2D eigenvalue weighted by Gasteiger charge is -2.20. The van der Waals surface area contributed by atoms with Crippen molar-refractivity contribution in [1.82, 2.24) is 5.01 Å². The van der Waals surface area contributed by atoms with Gasteiger partial charge in [0.05, 0.1) is 11.8 Å². The Bertz CT molecular complexity index is 1090. The lowest BCUT2D eigenvalue weighted by molar-refractivity contribution is -0.130. The van der Waals surface area contributed by atoms with Crippen LogP contribution in [0.1, 0.15) is 30.5 Å². The molecule has 5 nitrogen and oxygen atoms in total. The van der Waals surface area contributed by atoms with E-state index in [-0.39, 0.29) is 18.7 Å². The Balaban J connectivity index is 1.51. The average Bonchev–Trinajstić information content (AvgIpc) is 3.34. The van der Waals surface area contributed by atoms with Crippen molar-refractivity contribution < 1.29 is 14.3 Å². The first kappa shape index (κ1) is 15.9. The van der Waals surface area contributed by atoms with Crippen molar-refractivity contribution in [3.8, 4) is 11.5 Å². The molecule has 0 radical (unpaired) electrons. The van der Waals surface area contributed by atoms with Crippen molar-refractivity contribution in [2.24, 2.45) is 5.10 Å². The third kappa shape index (κ3) is 2.72. The molecule has 3 aromatic rings. The van der Waals surface area contributed by atoms with Gasteiger partial charge in [-0.15, -0.1) is 0 Å². The zero-order valence-corrected chi connectivity index (χ0v) is 14.9. The molecular formula is C22H18N2O3. The van der Waals surface area contributed by atoms with Crippen molar-refractivity contribution in [1.29, 1.82) is 0 Å². The fourth-order valence-electron chi connectivity index (χ4n) is 3.72. The highest BCUT2D eigenvalue weighted by atomic mass is 16.7. The minimum Gasteiger partial charge on any atom is -0.454 e. The highest BCUT2D eigenvalue weighted by Gasteiger charge is 2.32. The summed E-state index contributed by atoms with van der Waals surface area (Å²) < 4.78 is 10.9. The molecule has 134 valence electrons. The molecule has 0 spiro atoms. The molecule has 0 unspecified atom stereocenters. The number of hydrazone groups is 1. The van der Waals surface area contributed by atoms with Gasteiger partial charge in [-0.2, -0.15) is 5.10 Å². The van der Waals surface area contributed by atoms with E-state index in [4.69, 9.17) is 9.47 Å². The Morgan fingerprint density at radius 2 is 1.81 bits per heavy atom. The van der Waals surface area contributed by atoms with Gasteiger partial charge >= 0.3 is 0 Å². The molecule has 3 aromatic carbocycles. The summed E-state index contributed by atoms with van der Waals surface area (Å²) in [7, 11) is 0. The van der Waals surface area contributed by atoms with E-state index in [9.17, 15) is 4.79 Å². The maximum absolute atomic E-state index is 12.2. The Morgan fingerprint density at radius 3 is 2.67 bits per heavy atom. The lowest BCUT2D eigenvalue weighted by Crippen LogP contribution is -2.24. The van der Waals surface area contributed by atoms with E-state index < -0.39 is 0 Å². The smallest absolute Gasteiger partial charge is 0.240 e. The second-order valence-corrected chi connectivity index (χ2v) is 6.80. The second kappa shape index (κ2) is 6.13. The van der Waals surface area contributed by atoms with Gasteiger partial charge in [-0.05, 0) is 40.1 Å². The van der Waals surface area contributed by atoms with Gasteiger partial charge in [0.1, 0.15) is 0 Å². The third-order valence-corrected chi connectivity index (χ3v) is 5.10. The molecule has 27 heavy (non-hydrogen) atoms. The summed E-state index contributed by atoms with van der Waals surface area (Å²) in [4.78, 5) is 12.2. The standard InChI is InChI=1S/C22H18N2O3/c1-14(25)24-20(18-8-9-21-22(11-18)27-13-26-21)12-19(23-24)17-7-6-15-4-2-3-5-16(15)10-17/h2-11,20H,12-13H2,1H3/t20-/m0/s1. The molecule has 1 amide bonds. The van der Waals surface area contributed by atoms with Gasteiger partial charge in [0.15, 0.2) is 11.5 Å². The van der Waals surface area contributed by atoms with Crippen LogP contribution in [0.15, 0.2) is 65.8 Å². The fraction of sp³-hybridized carbons (Fsp3) is 0.182. The van der Waals surface area contributed by atoms with Crippen LogP contribution in [0.4, 0.5) is 0 Å². The van der Waals surface area contributed by atoms with Crippen LogP contribution in [0.25, 0.3) is 10.8 Å². The van der Waals surface area contributed by atoms with Crippen molar-refractivity contribution in [2.45, 2.75) is 19.4 Å². The molecule has 2 heterocycles. The predicted octanol–water partition coefficient (Wildman–Crippen LogP) is 4.27. The molecule has 1 atom stereocenters. The number of carbonyl (C=O) groups excluding carboxylic acids is 1. The summed E-state index contributed by atoms with van der Waals surface area (Å²) in [5, 5.41) is 8.57. The number of amides is 1. The van der Waals surface area contributed by atoms with E-state index in [1.165, 1.54) is 10.8 Å². The molecule has 0 aliphatic carbocycles. The zero-order valence-electron chi connectivity index (χ0n) is 14.9. The van der Waals surface area contributed by atoms with E-state index in [2.05, 4.69) is 35.4 Å². The first-order valence-electron chi connectivity index (χ1n) is 8.95. The van der Waals surface area contributed by atoms with Crippen molar-refractivity contribution in [3.05, 3.63) is 71.8 Å². The van der Waals surface area contributed by atoms with Crippen molar-refractivity contribution in [3.63, 3.8) is 0 Å². The number of benzene rings is 3. The maximum Gasteiger partial charge on any atom is 0.240 e. The summed E-state index contributed by atoms with van der Waals surface area (Å²) in [6, 6.07) is 20.2. The Kier molecular flexibility index (Phi) is 3.60. The molecule has 2 aliphatic heterocycles. The third-order valence-electron chi connectivity index (χ3n) is 5.10. The van der Waals surface area contributed by atoms with Gasteiger partial charge in [-0.25, -0.2) is 5.01 Å². The van der Waals surface area contributed by atoms with Crippen LogP contribution in [-0.4, -0.2) is 23.4 Å². The normalized spacial score (nSPS) is 18.0. The van der Waals surface area contributed by atoms with Gasteiger partial charge in [0.2, 0.25) is 12.7 Å². The number of rotatable bonds is 2. The average molecular weight is 358 g/mol. The number of fused-ring (bicyclic) bond motifs is 2. The first-order chi connectivity index (χ1) is 13.2. The second-order valence-electron chi connectivity index (χ2n) is 6.80. The Hall–Kier alpha value is -3.34. The summed E-state index contributed by atoms with van der Waals surface area (Å²) in [6.07, 6.45) is 0.664. The molecule has 5 heteroatoms. The Morgan fingerprint density at radius 1 is 1.00 bits per heavy atom. The van der Waals surface area contributed by atoms with Crippen LogP contribution in [0.2, 0.25) is 0 Å². The number of nitrogens with zero attached hydrogens (tertiary/aromatic N) is 2. The van der Waals surface area contributed by atoms with E-state index in [0.29, 0.717) is 6.42 Å². The highest BCUT2D eigenvalue weighted by molar-refractivity contribution is 6.05. The van der Waals surface area contributed by atoms with E-state index in [1.807, 2.05) is 30.3 Å². The fourth-order valence-corrected chi connectivity index (χ4v) is 3.72. The minimum absolute atomic E-state index is 0.0755. The maximum atomic E-state index is 12.2. The molecule has 0 saturated heterocycles. The molecular weight excluding hydrogens is 340 g/mol. The SMILES string of the molecule is CC(=O)N1N=C(c2ccc3ccccc3c2)C[C@H]1c1ccc2c(c1)OCO2. The molecule has 0 N–H and O–H groups in total. The monoisotopic (exact) mass is 358 g/mol. The van der Waals surface area contributed by atoms with Crippen LogP contribution < -0.4 is 9.47 Å². The van der Waals surface area contributed by atoms with E-state index in [1.54, 1.807) is 11.9 Å². The van der Waals surface area contributed by atoms with E-state index in [0.717, 1.165) is 28.3 Å². The molecule has 0 bridgehead atoms. The summed E-state index contributed by atoms with van der Waals surface area (Å²) in [6.45, 7) is 1.78. The van der Waals surface area contributed by atoms with Crippen LogP contribution >= 0.6 is 0 Å². The summed E-state index contributed by atoms with van der Waals surface area (Å²) in [5.41, 5.74) is 2.95. The van der Waals surface area contributed by atoms with Gasteiger partial charge in [-0.1, -0.05) is 42.5 Å². The quantitative estimate of drug-likeness (QED) is 0.687. The zero-order chi connectivity index (χ0) is 18.4. The first-order valence-corrected chi connectivity index (χ1v) is 8.95. The Labute approximate surface area is 156 Å². The minimum atomic E-state index is -0.140. The lowest BCUT2D eigenvalue weighted by atomic mass is 9.96. The van der Waals surface area contributed by atoms with Gasteiger partial charge < -0.3 is 9.47 Å². The van der Waals surface area contributed by atoms with Crippen LogP contribution in [0.5, 0.6) is 11.5 Å². The van der Waals surface area contributed by atoms with Gasteiger partial charge in [0, 0.05) is 13.3 Å². The molecule has 0 fully saturated rings. The number of hydrogen-bond donors (Lipinski definition) is 0. The topological polar surface area (TPSA) is 51.1 Å². The van der Waals surface area contributed by atoms with Crippen LogP contribution in [-0.2, 0) is 4.79 Å². The molecule has 0 aromatic heterocycles. The van der Waals surface area contributed by atoms with Gasteiger partial charge in [0.25, 0.3) is 0 Å². The van der Waals surface area contributed by atoms with Gasteiger partial charge in [-0.3, -0.25) is 4.79 Å². The number of carbonyl (C=O) groups is 1. The van der Waals surface area contributed by atoms with Crippen LogP contribution in [0.3, 0.4) is 0 Å². The highest BCUT2D eigenvalue weighted by Crippen LogP contribution is 2.39. The van der Waals surface area contributed by atoms with Crippen molar-refractivity contribution >= 4 is 22.4 Å². The number of ether oxygens (including phenoxy) is 2. The summed E-state index contributed by atoms with van der Waals surface area (Å²) >= 11 is 0. The van der Waals surface area contributed by atoms with E-state index >= 15 is 0 Å². The molecule has 0 saturated carbocycles. The molecule has 5 rings (SSSR count).